The summed E-state index contributed by atoms with van der Waals surface area (Å²) in [5, 5.41) is 11.9. The Morgan fingerprint density at radius 3 is 2.50 bits per heavy atom. The van der Waals surface area contributed by atoms with Crippen molar-refractivity contribution in [3.63, 3.8) is 0 Å². The molecule has 0 radical (unpaired) electrons. The number of fused-ring (bicyclic) bond motifs is 4. The molecule has 9 heteroatoms. The Balaban J connectivity index is 1.29. The number of anilines is 1. The minimum atomic E-state index is -1.08. The zero-order valence-electron chi connectivity index (χ0n) is 19.4. The van der Waals surface area contributed by atoms with Gasteiger partial charge in [-0.1, -0.05) is 24.3 Å². The van der Waals surface area contributed by atoms with E-state index in [4.69, 9.17) is 4.74 Å². The van der Waals surface area contributed by atoms with E-state index in [1.54, 1.807) is 39.8 Å². The Hall–Kier alpha value is -4.40. The van der Waals surface area contributed by atoms with Gasteiger partial charge in [0.25, 0.3) is 17.4 Å². The average Bonchev–Trinajstić information content (AvgIpc) is 2.89. The van der Waals surface area contributed by atoms with Gasteiger partial charge in [0.15, 0.2) is 6.61 Å². The molecule has 1 aromatic heterocycles. The summed E-state index contributed by atoms with van der Waals surface area (Å²) in [5.41, 5.74) is 1.15. The van der Waals surface area contributed by atoms with Gasteiger partial charge in [-0.25, -0.2) is 4.79 Å². The van der Waals surface area contributed by atoms with Gasteiger partial charge in [0.2, 0.25) is 0 Å². The molecule has 2 aliphatic heterocycles. The molecule has 184 valence electrons. The smallest absolute Gasteiger partial charge is 0.335 e. The minimum Gasteiger partial charge on any atom is -0.484 e. The van der Waals surface area contributed by atoms with Crippen molar-refractivity contribution in [1.29, 1.82) is 0 Å². The maximum atomic E-state index is 13.2. The molecule has 3 heterocycles. The predicted octanol–water partition coefficient (Wildman–Crippen LogP) is 2.82. The van der Waals surface area contributed by atoms with Crippen molar-refractivity contribution in [3.05, 3.63) is 93.9 Å². The summed E-state index contributed by atoms with van der Waals surface area (Å²) >= 11 is 0. The number of carbonyl (C=O) groups excluding carboxylic acids is 2. The summed E-state index contributed by atoms with van der Waals surface area (Å²) in [7, 11) is 0. The highest BCUT2D eigenvalue weighted by molar-refractivity contribution is 5.97. The van der Waals surface area contributed by atoms with Crippen molar-refractivity contribution >= 4 is 23.5 Å². The number of likely N-dealkylation sites (tertiary alicyclic amines) is 1. The number of carboxylic acid groups (broad SMARTS) is 1. The lowest BCUT2D eigenvalue weighted by Crippen LogP contribution is -2.49. The first-order valence-electron chi connectivity index (χ1n) is 11.7. The van der Waals surface area contributed by atoms with E-state index in [-0.39, 0.29) is 41.2 Å². The van der Waals surface area contributed by atoms with Crippen molar-refractivity contribution in [3.8, 4) is 5.75 Å². The van der Waals surface area contributed by atoms with Crippen LogP contribution in [0.5, 0.6) is 5.75 Å². The third-order valence-corrected chi connectivity index (χ3v) is 6.64. The van der Waals surface area contributed by atoms with Gasteiger partial charge in [-0.05, 0) is 54.8 Å². The normalized spacial score (nSPS) is 18.2. The van der Waals surface area contributed by atoms with Crippen molar-refractivity contribution in [1.82, 2.24) is 9.47 Å². The second-order valence-electron chi connectivity index (χ2n) is 9.13. The molecule has 0 unspecified atom stereocenters. The molecule has 0 aliphatic carbocycles. The standard InChI is InChI=1S/C27H25N3O6/c31-24(16-36-21-7-2-1-3-8-21)28-22-9-10-23-20-11-17(14-30(23)26(22)33)13-29(15-20)25(32)18-5-4-6-19(12-18)27(34)35/h1-10,12,17,20H,11,13-16H2,(H,28,31)(H,34,35)/t17-,20+/m0/s1. The average molecular weight is 488 g/mol. The number of aromatic nitrogens is 1. The van der Waals surface area contributed by atoms with Crippen LogP contribution < -0.4 is 15.6 Å². The molecule has 2 aromatic carbocycles. The summed E-state index contributed by atoms with van der Waals surface area (Å²) in [5.74, 6) is -1.10. The topological polar surface area (TPSA) is 118 Å². The summed E-state index contributed by atoms with van der Waals surface area (Å²) < 4.78 is 7.15. The van der Waals surface area contributed by atoms with E-state index in [2.05, 4.69) is 5.32 Å². The van der Waals surface area contributed by atoms with Crippen LogP contribution in [0.4, 0.5) is 5.69 Å². The van der Waals surface area contributed by atoms with Crippen LogP contribution in [0.25, 0.3) is 0 Å². The highest BCUT2D eigenvalue weighted by Crippen LogP contribution is 2.36. The summed E-state index contributed by atoms with van der Waals surface area (Å²) in [6.07, 6.45) is 0.856. The molecular weight excluding hydrogens is 462 g/mol. The van der Waals surface area contributed by atoms with Gasteiger partial charge in [-0.3, -0.25) is 14.4 Å². The number of nitrogens with one attached hydrogen (secondary N) is 1. The number of hydrogen-bond donors (Lipinski definition) is 2. The minimum absolute atomic E-state index is 0.0250. The van der Waals surface area contributed by atoms with Crippen molar-refractivity contribution < 1.29 is 24.2 Å². The first kappa shape index (κ1) is 23.3. The van der Waals surface area contributed by atoms with E-state index < -0.39 is 11.9 Å². The van der Waals surface area contributed by atoms with Crippen LogP contribution in [0.15, 0.2) is 71.5 Å². The van der Waals surface area contributed by atoms with E-state index in [9.17, 15) is 24.3 Å². The van der Waals surface area contributed by atoms with Crippen LogP contribution >= 0.6 is 0 Å². The zero-order chi connectivity index (χ0) is 25.2. The highest BCUT2D eigenvalue weighted by atomic mass is 16.5. The molecule has 36 heavy (non-hydrogen) atoms. The Kier molecular flexibility index (Phi) is 6.28. The molecule has 0 spiro atoms. The molecular formula is C27H25N3O6. The number of carboxylic acids is 1. The van der Waals surface area contributed by atoms with E-state index in [1.165, 1.54) is 12.1 Å². The number of nitrogens with zero attached hydrogens (tertiary/aromatic N) is 2. The highest BCUT2D eigenvalue weighted by Gasteiger charge is 2.37. The van der Waals surface area contributed by atoms with Crippen molar-refractivity contribution in [2.75, 3.05) is 25.0 Å². The number of rotatable bonds is 6. The second kappa shape index (κ2) is 9.69. The van der Waals surface area contributed by atoms with Gasteiger partial charge in [-0.2, -0.15) is 0 Å². The lowest BCUT2D eigenvalue weighted by molar-refractivity contribution is -0.118. The number of amides is 2. The van der Waals surface area contributed by atoms with Gasteiger partial charge < -0.3 is 24.6 Å². The van der Waals surface area contributed by atoms with Crippen LogP contribution in [0.3, 0.4) is 0 Å². The van der Waals surface area contributed by atoms with E-state index in [0.29, 0.717) is 30.9 Å². The van der Waals surface area contributed by atoms with Crippen LogP contribution in [0, 0.1) is 5.92 Å². The number of ether oxygens (including phenoxy) is 1. The van der Waals surface area contributed by atoms with Gasteiger partial charge in [-0.15, -0.1) is 0 Å². The fraction of sp³-hybridized carbons (Fsp3) is 0.259. The van der Waals surface area contributed by atoms with E-state index in [1.807, 2.05) is 24.3 Å². The van der Waals surface area contributed by atoms with Crippen LogP contribution in [-0.4, -0.2) is 52.1 Å². The van der Waals surface area contributed by atoms with Crippen LogP contribution in [0.2, 0.25) is 0 Å². The predicted molar refractivity (Wildman–Crippen MR) is 131 cm³/mol. The molecule has 3 aromatic rings. The number of aromatic carboxylic acids is 1. The first-order chi connectivity index (χ1) is 17.4. The second-order valence-corrected chi connectivity index (χ2v) is 9.13. The van der Waals surface area contributed by atoms with E-state index >= 15 is 0 Å². The maximum absolute atomic E-state index is 13.2. The lowest BCUT2D eigenvalue weighted by atomic mass is 9.83. The Bertz CT molecular complexity index is 1380. The molecule has 1 saturated heterocycles. The van der Waals surface area contributed by atoms with Gasteiger partial charge >= 0.3 is 5.97 Å². The molecule has 2 atom stereocenters. The number of piperidine rings is 1. The fourth-order valence-electron chi connectivity index (χ4n) is 5.03. The van der Waals surface area contributed by atoms with Crippen LogP contribution in [-0.2, 0) is 11.3 Å². The number of benzene rings is 2. The first-order valence-corrected chi connectivity index (χ1v) is 11.7. The zero-order valence-corrected chi connectivity index (χ0v) is 19.4. The molecule has 0 saturated carbocycles. The Morgan fingerprint density at radius 1 is 0.944 bits per heavy atom. The van der Waals surface area contributed by atoms with Gasteiger partial charge in [0.1, 0.15) is 11.4 Å². The molecule has 2 N–H and O–H groups in total. The monoisotopic (exact) mass is 487 g/mol. The Labute approximate surface area is 206 Å². The molecule has 5 rings (SSSR count). The molecule has 1 fully saturated rings. The molecule has 2 bridgehead atoms. The molecule has 9 nitrogen and oxygen atoms in total. The number of pyridine rings is 1. The molecule has 2 amide bonds. The Morgan fingerprint density at radius 2 is 1.72 bits per heavy atom. The third-order valence-electron chi connectivity index (χ3n) is 6.64. The maximum Gasteiger partial charge on any atom is 0.335 e. The van der Waals surface area contributed by atoms with Crippen molar-refractivity contribution in [2.24, 2.45) is 5.92 Å². The summed E-state index contributed by atoms with van der Waals surface area (Å²) in [4.78, 5) is 51.7. The summed E-state index contributed by atoms with van der Waals surface area (Å²) in [6.45, 7) is 1.13. The number of hydrogen-bond acceptors (Lipinski definition) is 5. The SMILES string of the molecule is O=C(COc1ccccc1)Nc1ccc2n(c1=O)C[C@H]1C[C@@H]2CN(C(=O)c2cccc(C(=O)O)c2)C1. The lowest BCUT2D eigenvalue weighted by Gasteiger charge is -2.43. The van der Waals surface area contributed by atoms with Gasteiger partial charge in [0, 0.05) is 36.8 Å². The quantitative estimate of drug-likeness (QED) is 0.552. The van der Waals surface area contributed by atoms with Gasteiger partial charge in [0.05, 0.1) is 5.56 Å². The van der Waals surface area contributed by atoms with Crippen molar-refractivity contribution in [2.45, 2.75) is 18.9 Å². The third kappa shape index (κ3) is 4.72. The number of carbonyl (C=O) groups is 3. The number of para-hydroxylation sites is 1. The van der Waals surface area contributed by atoms with Crippen LogP contribution in [0.1, 0.15) is 38.7 Å². The van der Waals surface area contributed by atoms with E-state index in [0.717, 1.165) is 12.1 Å². The molecule has 2 aliphatic rings. The fourth-order valence-corrected chi connectivity index (χ4v) is 5.03. The largest absolute Gasteiger partial charge is 0.484 e. The summed E-state index contributed by atoms with van der Waals surface area (Å²) in [6, 6.07) is 18.4.